The molecule has 0 spiro atoms. The Balaban J connectivity index is 0.000000963. The number of hydrogen-bond donors (Lipinski definition) is 0. The van der Waals surface area contributed by atoms with Gasteiger partial charge in [0.05, 0.1) is 0 Å². The van der Waals surface area contributed by atoms with Crippen molar-refractivity contribution in [3.63, 3.8) is 0 Å². The number of nitrogens with zero attached hydrogens (tertiary/aromatic N) is 1. The molecule has 1 nitrogen and oxygen atoms in total. The van der Waals surface area contributed by atoms with Crippen LogP contribution in [0.2, 0.25) is 0 Å². The summed E-state index contributed by atoms with van der Waals surface area (Å²) in [5.41, 5.74) is 3.55. The van der Waals surface area contributed by atoms with Crippen LogP contribution in [0, 0.1) is 19.9 Å². The summed E-state index contributed by atoms with van der Waals surface area (Å²) in [6.45, 7) is 4.17. The first kappa shape index (κ1) is 11.7. The molecule has 0 aliphatic carbocycles. The molecule has 0 saturated carbocycles. The average molecular weight is 405 g/mol. The van der Waals surface area contributed by atoms with Gasteiger partial charge in [-0.3, -0.25) is 0 Å². The Bertz CT molecular complexity index is 601. The fourth-order valence-electron chi connectivity index (χ4n) is 1.77. The van der Waals surface area contributed by atoms with Crippen LogP contribution in [-0.2, 0) is 20.1 Å². The quantitative estimate of drug-likeness (QED) is 0.519. The zero-order chi connectivity index (χ0) is 10.4. The van der Waals surface area contributed by atoms with Gasteiger partial charge in [-0.25, -0.2) is 0 Å². The first-order valence-electron chi connectivity index (χ1n) is 4.91. The summed E-state index contributed by atoms with van der Waals surface area (Å²) in [7, 11) is 0. The second-order valence-corrected chi connectivity index (χ2v) is 4.96. The minimum Gasteiger partial charge on any atom is -0.303 e. The molecule has 1 radical (unpaired) electrons. The first-order chi connectivity index (χ1) is 7.24. The molecule has 83 valence electrons. The second kappa shape index (κ2) is 4.25. The normalized spacial score (nSPS) is 10.6. The zero-order valence-electron chi connectivity index (χ0n) is 9.00. The van der Waals surface area contributed by atoms with Crippen molar-refractivity contribution in [3.05, 3.63) is 41.6 Å². The van der Waals surface area contributed by atoms with Gasteiger partial charge in [-0.05, 0) is 18.6 Å². The maximum atomic E-state index is 4.48. The number of thiophene rings is 1. The van der Waals surface area contributed by atoms with E-state index < -0.39 is 0 Å². The molecule has 0 aliphatic heterocycles. The maximum Gasteiger partial charge on any atom is 0.0191 e. The van der Waals surface area contributed by atoms with Crippen LogP contribution in [0.15, 0.2) is 24.4 Å². The maximum absolute atomic E-state index is 4.48. The summed E-state index contributed by atoms with van der Waals surface area (Å²) in [6.07, 6.45) is 1.92. The molecule has 0 N–H and O–H groups in total. The van der Waals surface area contributed by atoms with Gasteiger partial charge in [0.1, 0.15) is 0 Å². The molecule has 0 amide bonds. The fraction of sp³-hybridized carbons (Fsp3) is 0.154. The Morgan fingerprint density at radius 3 is 2.69 bits per heavy atom. The van der Waals surface area contributed by atoms with E-state index in [4.69, 9.17) is 0 Å². The third kappa shape index (κ3) is 1.80. The Morgan fingerprint density at radius 1 is 1.12 bits per heavy atom. The topological polar surface area (TPSA) is 12.9 Å². The van der Waals surface area contributed by atoms with Gasteiger partial charge < -0.3 is 4.98 Å². The summed E-state index contributed by atoms with van der Waals surface area (Å²) >= 11 is 1.80. The standard InChI is InChI=1S/C13H10NS.Ir/c1-8-3-4-10-11(5-8)15-12-6-9(2)7-14-13(10)12;/h3,5-7H,1-2H3;/q-1;. The van der Waals surface area contributed by atoms with Crippen LogP contribution < -0.4 is 0 Å². The van der Waals surface area contributed by atoms with Crippen LogP contribution in [0.1, 0.15) is 11.1 Å². The smallest absolute Gasteiger partial charge is 0.0191 e. The molecule has 2 aromatic heterocycles. The molecule has 0 saturated heterocycles. The molecule has 1 aromatic carbocycles. The van der Waals surface area contributed by atoms with E-state index in [2.05, 4.69) is 37.0 Å². The molecule has 0 unspecified atom stereocenters. The second-order valence-electron chi connectivity index (χ2n) is 3.88. The molecule has 3 rings (SSSR count). The van der Waals surface area contributed by atoms with Crippen molar-refractivity contribution in [3.8, 4) is 0 Å². The first-order valence-corrected chi connectivity index (χ1v) is 5.73. The molecular formula is C13H10IrNS-. The van der Waals surface area contributed by atoms with Gasteiger partial charge in [0, 0.05) is 36.5 Å². The van der Waals surface area contributed by atoms with Crippen molar-refractivity contribution in [2.75, 3.05) is 0 Å². The largest absolute Gasteiger partial charge is 0.303 e. The fourth-order valence-corrected chi connectivity index (χ4v) is 3.01. The summed E-state index contributed by atoms with van der Waals surface area (Å²) in [6, 6.07) is 9.73. The number of rotatable bonds is 0. The van der Waals surface area contributed by atoms with Crippen molar-refractivity contribution < 1.29 is 20.1 Å². The number of pyridine rings is 1. The summed E-state index contributed by atoms with van der Waals surface area (Å²) in [5.74, 6) is 0. The summed E-state index contributed by atoms with van der Waals surface area (Å²) in [5, 5.41) is 1.15. The van der Waals surface area contributed by atoms with Crippen LogP contribution in [0.4, 0.5) is 0 Å². The van der Waals surface area contributed by atoms with Crippen molar-refractivity contribution in [1.82, 2.24) is 4.98 Å². The Morgan fingerprint density at radius 2 is 1.88 bits per heavy atom. The van der Waals surface area contributed by atoms with E-state index >= 15 is 0 Å². The molecule has 2 heterocycles. The number of hydrogen-bond acceptors (Lipinski definition) is 2. The predicted molar refractivity (Wildman–Crippen MR) is 65.4 cm³/mol. The molecule has 0 atom stereocenters. The predicted octanol–water partition coefficient (Wildman–Crippen LogP) is 3.86. The van der Waals surface area contributed by atoms with Gasteiger partial charge in [-0.2, -0.15) is 11.3 Å². The van der Waals surface area contributed by atoms with E-state index in [0.717, 1.165) is 10.9 Å². The van der Waals surface area contributed by atoms with Gasteiger partial charge in [0.2, 0.25) is 0 Å². The molecule has 16 heavy (non-hydrogen) atoms. The minimum atomic E-state index is 0. The van der Waals surface area contributed by atoms with E-state index in [1.165, 1.54) is 20.5 Å². The van der Waals surface area contributed by atoms with E-state index in [1.54, 1.807) is 11.3 Å². The van der Waals surface area contributed by atoms with Gasteiger partial charge in [-0.15, -0.1) is 29.1 Å². The third-order valence-electron chi connectivity index (χ3n) is 2.50. The third-order valence-corrected chi connectivity index (χ3v) is 3.57. The van der Waals surface area contributed by atoms with Gasteiger partial charge >= 0.3 is 0 Å². The number of aryl methyl sites for hydroxylation is 2. The Labute approximate surface area is 112 Å². The van der Waals surface area contributed by atoms with Crippen LogP contribution in [-0.4, -0.2) is 4.98 Å². The number of fused-ring (bicyclic) bond motifs is 3. The molecule has 0 bridgehead atoms. The minimum absolute atomic E-state index is 0. The molecule has 3 heteroatoms. The zero-order valence-corrected chi connectivity index (χ0v) is 12.2. The molecule has 0 fully saturated rings. The van der Waals surface area contributed by atoms with Crippen LogP contribution >= 0.6 is 11.3 Å². The van der Waals surface area contributed by atoms with E-state index in [-0.39, 0.29) is 20.1 Å². The Hall–Kier alpha value is -0.761. The van der Waals surface area contributed by atoms with Crippen molar-refractivity contribution in [2.45, 2.75) is 13.8 Å². The van der Waals surface area contributed by atoms with Gasteiger partial charge in [0.25, 0.3) is 0 Å². The molecule has 0 aliphatic rings. The monoisotopic (exact) mass is 405 g/mol. The number of benzene rings is 1. The molecule has 3 aromatic rings. The van der Waals surface area contributed by atoms with Gasteiger partial charge in [-0.1, -0.05) is 11.6 Å². The van der Waals surface area contributed by atoms with Crippen LogP contribution in [0.5, 0.6) is 0 Å². The van der Waals surface area contributed by atoms with E-state index in [1.807, 2.05) is 12.3 Å². The van der Waals surface area contributed by atoms with Crippen LogP contribution in [0.3, 0.4) is 0 Å². The van der Waals surface area contributed by atoms with Crippen molar-refractivity contribution in [2.24, 2.45) is 0 Å². The van der Waals surface area contributed by atoms with Crippen molar-refractivity contribution in [1.29, 1.82) is 0 Å². The Kier molecular flexibility index (Phi) is 3.11. The SMILES string of the molecule is Cc1c[c-]c2c(c1)sc1cc(C)cnc12.[Ir]. The summed E-state index contributed by atoms with van der Waals surface area (Å²) < 4.78 is 2.54. The van der Waals surface area contributed by atoms with E-state index in [9.17, 15) is 0 Å². The van der Waals surface area contributed by atoms with Gasteiger partial charge in [0.15, 0.2) is 0 Å². The number of aromatic nitrogens is 1. The van der Waals surface area contributed by atoms with Crippen LogP contribution in [0.25, 0.3) is 20.3 Å². The summed E-state index contributed by atoms with van der Waals surface area (Å²) in [4.78, 5) is 4.48. The van der Waals surface area contributed by atoms with Crippen molar-refractivity contribution >= 4 is 31.6 Å². The average Bonchev–Trinajstić information content (AvgIpc) is 2.53. The van der Waals surface area contributed by atoms with E-state index in [0.29, 0.717) is 0 Å². The molecular weight excluding hydrogens is 394 g/mol.